The van der Waals surface area contributed by atoms with Crippen LogP contribution in [0, 0.1) is 0 Å². The van der Waals surface area contributed by atoms with E-state index in [0.29, 0.717) is 33.0 Å². The number of ether oxygens (including phenoxy) is 4. The van der Waals surface area contributed by atoms with E-state index in [1.165, 1.54) is 0 Å². The molecule has 5 nitrogen and oxygen atoms in total. The minimum absolute atomic E-state index is 0.121. The van der Waals surface area contributed by atoms with Crippen molar-refractivity contribution in [2.24, 2.45) is 0 Å². The highest BCUT2D eigenvalue weighted by molar-refractivity contribution is 5.35. The summed E-state index contributed by atoms with van der Waals surface area (Å²) in [7, 11) is 5.28. The molecule has 1 N–H and O–H groups in total. The normalized spacial score (nSPS) is 12.3. The standard InChI is InChI=1S/C16H27NO4/c1-17-15(14-7-4-5-8-16(14)19-3)13-21-10-6-9-20-12-11-18-2/h4-5,7-8,15,17H,6,9-13H2,1-3H3. The Morgan fingerprint density at radius 1 is 1.00 bits per heavy atom. The quantitative estimate of drug-likeness (QED) is 0.598. The van der Waals surface area contributed by atoms with Gasteiger partial charge in [-0.2, -0.15) is 0 Å². The van der Waals surface area contributed by atoms with Gasteiger partial charge in [0, 0.05) is 25.9 Å². The Hall–Kier alpha value is -1.14. The molecule has 1 aromatic carbocycles. The number of rotatable bonds is 12. The number of methoxy groups -OCH3 is 2. The molecule has 0 spiro atoms. The van der Waals surface area contributed by atoms with Gasteiger partial charge in [0.15, 0.2) is 0 Å². The van der Waals surface area contributed by atoms with E-state index >= 15 is 0 Å². The van der Waals surface area contributed by atoms with E-state index in [1.54, 1.807) is 14.2 Å². The molecule has 0 radical (unpaired) electrons. The summed E-state index contributed by atoms with van der Waals surface area (Å²) in [5, 5.41) is 3.26. The maximum atomic E-state index is 5.72. The molecule has 1 unspecified atom stereocenters. The van der Waals surface area contributed by atoms with E-state index in [1.807, 2.05) is 25.2 Å². The molecular weight excluding hydrogens is 270 g/mol. The molecule has 0 aliphatic carbocycles. The summed E-state index contributed by atoms with van der Waals surface area (Å²) in [5.74, 6) is 0.878. The van der Waals surface area contributed by atoms with Crippen LogP contribution >= 0.6 is 0 Å². The molecular formula is C16H27NO4. The largest absolute Gasteiger partial charge is 0.496 e. The van der Waals surface area contributed by atoms with Crippen LogP contribution in [0.4, 0.5) is 0 Å². The second-order valence-electron chi connectivity index (χ2n) is 4.62. The van der Waals surface area contributed by atoms with Gasteiger partial charge in [-0.25, -0.2) is 0 Å². The summed E-state index contributed by atoms with van der Waals surface area (Å²) < 4.78 is 21.4. The monoisotopic (exact) mass is 297 g/mol. The number of nitrogens with one attached hydrogen (secondary N) is 1. The molecule has 1 atom stereocenters. The van der Waals surface area contributed by atoms with Crippen molar-refractivity contribution >= 4 is 0 Å². The van der Waals surface area contributed by atoms with Crippen molar-refractivity contribution in [3.63, 3.8) is 0 Å². The first-order valence-electron chi connectivity index (χ1n) is 7.28. The molecule has 0 saturated carbocycles. The summed E-state index contributed by atoms with van der Waals surface area (Å²) in [6, 6.07) is 8.11. The highest BCUT2D eigenvalue weighted by atomic mass is 16.5. The molecule has 5 heteroatoms. The number of likely N-dealkylation sites (N-methyl/N-ethyl adjacent to an activating group) is 1. The summed E-state index contributed by atoms with van der Waals surface area (Å²) >= 11 is 0. The van der Waals surface area contributed by atoms with Gasteiger partial charge in [0.25, 0.3) is 0 Å². The van der Waals surface area contributed by atoms with Gasteiger partial charge in [-0.1, -0.05) is 18.2 Å². The van der Waals surface area contributed by atoms with E-state index < -0.39 is 0 Å². The number of benzene rings is 1. The number of para-hydroxylation sites is 1. The minimum Gasteiger partial charge on any atom is -0.496 e. The SMILES string of the molecule is CNC(COCCCOCCOC)c1ccccc1OC. The van der Waals surface area contributed by atoms with Crippen LogP contribution in [-0.2, 0) is 14.2 Å². The topological polar surface area (TPSA) is 49.0 Å². The van der Waals surface area contributed by atoms with Crippen LogP contribution in [0.2, 0.25) is 0 Å². The Bertz CT molecular complexity index is 373. The molecule has 1 rings (SSSR count). The van der Waals surface area contributed by atoms with Crippen molar-refractivity contribution in [3.8, 4) is 5.75 Å². The zero-order valence-corrected chi connectivity index (χ0v) is 13.3. The Balaban J connectivity index is 2.25. The Kier molecular flexibility index (Phi) is 9.82. The van der Waals surface area contributed by atoms with Gasteiger partial charge in [-0.15, -0.1) is 0 Å². The molecule has 0 aliphatic heterocycles. The van der Waals surface area contributed by atoms with Crippen molar-refractivity contribution in [1.29, 1.82) is 0 Å². The average molecular weight is 297 g/mol. The molecule has 0 aromatic heterocycles. The van der Waals surface area contributed by atoms with Gasteiger partial charge < -0.3 is 24.3 Å². The second-order valence-corrected chi connectivity index (χ2v) is 4.62. The number of hydrogen-bond donors (Lipinski definition) is 1. The molecule has 0 aliphatic rings. The van der Waals surface area contributed by atoms with Crippen molar-refractivity contribution in [3.05, 3.63) is 29.8 Å². The molecule has 21 heavy (non-hydrogen) atoms. The maximum absolute atomic E-state index is 5.72. The van der Waals surface area contributed by atoms with Crippen molar-refractivity contribution in [1.82, 2.24) is 5.32 Å². The summed E-state index contributed by atoms with van der Waals surface area (Å²) in [6.45, 7) is 3.25. The first kappa shape index (κ1) is 17.9. The van der Waals surface area contributed by atoms with E-state index in [-0.39, 0.29) is 6.04 Å². The van der Waals surface area contributed by atoms with Crippen LogP contribution in [0.25, 0.3) is 0 Å². The van der Waals surface area contributed by atoms with Gasteiger partial charge in [0.1, 0.15) is 5.75 Å². The third-order valence-electron chi connectivity index (χ3n) is 3.16. The highest BCUT2D eigenvalue weighted by Gasteiger charge is 2.13. The fraction of sp³-hybridized carbons (Fsp3) is 0.625. The molecule has 0 amide bonds. The van der Waals surface area contributed by atoms with Crippen molar-refractivity contribution in [2.45, 2.75) is 12.5 Å². The summed E-state index contributed by atoms with van der Waals surface area (Å²) in [6.07, 6.45) is 0.881. The lowest BCUT2D eigenvalue weighted by atomic mass is 10.1. The predicted octanol–water partition coefficient (Wildman–Crippen LogP) is 2.03. The van der Waals surface area contributed by atoms with E-state index in [9.17, 15) is 0 Å². The lowest BCUT2D eigenvalue weighted by Gasteiger charge is -2.19. The fourth-order valence-electron chi connectivity index (χ4n) is 1.99. The molecule has 0 heterocycles. The van der Waals surface area contributed by atoms with Crippen LogP contribution in [-0.4, -0.2) is 54.3 Å². The van der Waals surface area contributed by atoms with E-state index in [2.05, 4.69) is 11.4 Å². The predicted molar refractivity (Wildman–Crippen MR) is 82.9 cm³/mol. The van der Waals surface area contributed by atoms with Crippen LogP contribution in [0.3, 0.4) is 0 Å². The molecule has 0 fully saturated rings. The van der Waals surface area contributed by atoms with Crippen molar-refractivity contribution in [2.75, 3.05) is 54.3 Å². The van der Waals surface area contributed by atoms with Crippen molar-refractivity contribution < 1.29 is 18.9 Å². The average Bonchev–Trinajstić information content (AvgIpc) is 2.53. The van der Waals surface area contributed by atoms with Crippen LogP contribution in [0.15, 0.2) is 24.3 Å². The zero-order valence-electron chi connectivity index (χ0n) is 13.3. The van der Waals surface area contributed by atoms with Crippen LogP contribution < -0.4 is 10.1 Å². The first-order valence-corrected chi connectivity index (χ1v) is 7.28. The molecule has 120 valence electrons. The van der Waals surface area contributed by atoms with Gasteiger partial charge >= 0.3 is 0 Å². The first-order chi connectivity index (χ1) is 10.3. The Morgan fingerprint density at radius 3 is 2.48 bits per heavy atom. The number of hydrogen-bond acceptors (Lipinski definition) is 5. The Labute approximate surface area is 127 Å². The van der Waals surface area contributed by atoms with Crippen LogP contribution in [0.5, 0.6) is 5.75 Å². The third kappa shape index (κ3) is 6.91. The lowest BCUT2D eigenvalue weighted by Crippen LogP contribution is -2.22. The molecule has 0 bridgehead atoms. The van der Waals surface area contributed by atoms with Gasteiger partial charge in [0.05, 0.1) is 33.0 Å². The Morgan fingerprint density at radius 2 is 1.76 bits per heavy atom. The fourth-order valence-corrected chi connectivity index (χ4v) is 1.99. The van der Waals surface area contributed by atoms with Gasteiger partial charge in [0.2, 0.25) is 0 Å². The van der Waals surface area contributed by atoms with Crippen LogP contribution in [0.1, 0.15) is 18.0 Å². The summed E-state index contributed by atoms with van der Waals surface area (Å²) in [4.78, 5) is 0. The van der Waals surface area contributed by atoms with E-state index in [4.69, 9.17) is 18.9 Å². The second kappa shape index (κ2) is 11.5. The zero-order chi connectivity index (χ0) is 15.3. The molecule has 1 aromatic rings. The minimum atomic E-state index is 0.121. The maximum Gasteiger partial charge on any atom is 0.123 e. The van der Waals surface area contributed by atoms with E-state index in [0.717, 1.165) is 17.7 Å². The third-order valence-corrected chi connectivity index (χ3v) is 3.16. The van der Waals surface area contributed by atoms with Gasteiger partial charge in [-0.3, -0.25) is 0 Å². The molecule has 0 saturated heterocycles. The highest BCUT2D eigenvalue weighted by Crippen LogP contribution is 2.24. The lowest BCUT2D eigenvalue weighted by molar-refractivity contribution is 0.0477. The smallest absolute Gasteiger partial charge is 0.123 e. The van der Waals surface area contributed by atoms with Gasteiger partial charge in [-0.05, 0) is 19.5 Å². The summed E-state index contributed by atoms with van der Waals surface area (Å²) in [5.41, 5.74) is 1.11.